The van der Waals surface area contributed by atoms with Crippen LogP contribution in [-0.2, 0) is 7.05 Å². The molecule has 4 aromatic heterocycles. The van der Waals surface area contributed by atoms with Gasteiger partial charge in [-0.25, -0.2) is 9.97 Å². The first-order valence-electron chi connectivity index (χ1n) is 8.43. The van der Waals surface area contributed by atoms with Gasteiger partial charge in [0.1, 0.15) is 11.4 Å². The molecule has 0 aliphatic rings. The van der Waals surface area contributed by atoms with Gasteiger partial charge in [0.2, 0.25) is 5.78 Å². The van der Waals surface area contributed by atoms with Crippen molar-refractivity contribution < 1.29 is 4.79 Å². The first-order valence-corrected chi connectivity index (χ1v) is 8.43. The summed E-state index contributed by atoms with van der Waals surface area (Å²) in [6.07, 6.45) is 8.12. The molecule has 0 aliphatic heterocycles. The molecule has 0 saturated heterocycles. The number of rotatable bonds is 5. The standard InChI is InChI=1S/C18H19N7O/c1-3-12(15-11-25-9-5-7-19-18(25)21-15)20-17(26)14-10-13(22-23-14)16-6-4-8-24(16)2/h4-12H,3H2,1-2H3,(H,20,26)(H,22,23)/t12-/m1/s1. The van der Waals surface area contributed by atoms with Crippen molar-refractivity contribution in [3.05, 3.63) is 60.4 Å². The molecule has 0 bridgehead atoms. The number of aryl methyl sites for hydroxylation is 1. The summed E-state index contributed by atoms with van der Waals surface area (Å²) in [4.78, 5) is 21.3. The van der Waals surface area contributed by atoms with Crippen LogP contribution in [0.3, 0.4) is 0 Å². The molecule has 0 saturated carbocycles. The number of nitrogens with one attached hydrogen (secondary N) is 2. The van der Waals surface area contributed by atoms with Crippen molar-refractivity contribution in [2.45, 2.75) is 19.4 Å². The third-order valence-corrected chi connectivity index (χ3v) is 4.35. The Hall–Kier alpha value is -3.42. The Morgan fingerprint density at radius 2 is 2.23 bits per heavy atom. The number of hydrogen-bond donors (Lipinski definition) is 2. The molecule has 4 rings (SSSR count). The number of nitrogens with zero attached hydrogens (tertiary/aromatic N) is 5. The lowest BCUT2D eigenvalue weighted by Gasteiger charge is -2.13. The summed E-state index contributed by atoms with van der Waals surface area (Å²) in [5.74, 6) is 0.401. The lowest BCUT2D eigenvalue weighted by Crippen LogP contribution is -2.28. The van der Waals surface area contributed by atoms with Crippen molar-refractivity contribution >= 4 is 11.7 Å². The molecule has 0 unspecified atom stereocenters. The van der Waals surface area contributed by atoms with E-state index < -0.39 is 0 Å². The molecule has 2 N–H and O–H groups in total. The fourth-order valence-electron chi connectivity index (χ4n) is 2.93. The van der Waals surface area contributed by atoms with Gasteiger partial charge in [0.05, 0.1) is 17.4 Å². The van der Waals surface area contributed by atoms with Crippen LogP contribution in [0.5, 0.6) is 0 Å². The molecule has 4 aromatic rings. The number of H-pyrrole nitrogens is 1. The minimum Gasteiger partial charge on any atom is -0.349 e. The Morgan fingerprint density at radius 1 is 1.35 bits per heavy atom. The number of hydrogen-bond acceptors (Lipinski definition) is 4. The number of carbonyl (C=O) groups is 1. The second kappa shape index (κ2) is 6.47. The van der Waals surface area contributed by atoms with E-state index in [0.29, 0.717) is 17.9 Å². The van der Waals surface area contributed by atoms with E-state index >= 15 is 0 Å². The van der Waals surface area contributed by atoms with Crippen molar-refractivity contribution in [2.75, 3.05) is 0 Å². The largest absolute Gasteiger partial charge is 0.349 e. The van der Waals surface area contributed by atoms with Crippen LogP contribution in [-0.4, -0.2) is 35.0 Å². The SMILES string of the molecule is CC[C@@H](NC(=O)c1cc(-c2cccn2C)n[nH]1)c1cn2cccnc2n1. The van der Waals surface area contributed by atoms with E-state index in [4.69, 9.17) is 0 Å². The van der Waals surface area contributed by atoms with E-state index in [1.165, 1.54) is 0 Å². The summed E-state index contributed by atoms with van der Waals surface area (Å²) in [5, 5.41) is 10.1. The number of amides is 1. The van der Waals surface area contributed by atoms with Crippen LogP contribution in [0.25, 0.3) is 17.2 Å². The number of aromatic nitrogens is 6. The number of imidazole rings is 1. The summed E-state index contributed by atoms with van der Waals surface area (Å²) in [7, 11) is 1.94. The fourth-order valence-corrected chi connectivity index (χ4v) is 2.93. The lowest BCUT2D eigenvalue weighted by molar-refractivity contribution is 0.0929. The highest BCUT2D eigenvalue weighted by molar-refractivity contribution is 5.93. The van der Waals surface area contributed by atoms with E-state index in [1.807, 2.05) is 59.7 Å². The summed E-state index contributed by atoms with van der Waals surface area (Å²) in [6.45, 7) is 2.00. The van der Waals surface area contributed by atoms with Crippen LogP contribution in [0, 0.1) is 0 Å². The fraction of sp³-hybridized carbons (Fsp3) is 0.222. The van der Waals surface area contributed by atoms with Crippen LogP contribution in [0.15, 0.2) is 49.1 Å². The molecule has 26 heavy (non-hydrogen) atoms. The molecule has 0 aromatic carbocycles. The smallest absolute Gasteiger partial charge is 0.269 e. The zero-order chi connectivity index (χ0) is 18.1. The summed E-state index contributed by atoms with van der Waals surface area (Å²) in [6, 6.07) is 7.28. The molecule has 0 aliphatic carbocycles. The minimum atomic E-state index is -0.213. The third-order valence-electron chi connectivity index (χ3n) is 4.35. The van der Waals surface area contributed by atoms with Gasteiger partial charge in [0, 0.05) is 31.8 Å². The van der Waals surface area contributed by atoms with Crippen LogP contribution < -0.4 is 5.32 Å². The molecule has 0 spiro atoms. The molecule has 8 nitrogen and oxygen atoms in total. The normalized spacial score (nSPS) is 12.4. The average molecular weight is 349 g/mol. The second-order valence-corrected chi connectivity index (χ2v) is 6.10. The lowest BCUT2D eigenvalue weighted by atomic mass is 10.1. The first kappa shape index (κ1) is 16.1. The molecule has 4 heterocycles. The highest BCUT2D eigenvalue weighted by Gasteiger charge is 2.19. The van der Waals surface area contributed by atoms with Crippen molar-refractivity contribution in [1.29, 1.82) is 0 Å². The Labute approximate surface area is 149 Å². The second-order valence-electron chi connectivity index (χ2n) is 6.10. The Balaban J connectivity index is 1.54. The highest BCUT2D eigenvalue weighted by Crippen LogP contribution is 2.19. The third kappa shape index (κ3) is 2.85. The number of fused-ring (bicyclic) bond motifs is 1. The van der Waals surface area contributed by atoms with Crippen molar-refractivity contribution in [3.8, 4) is 11.4 Å². The first-order chi connectivity index (χ1) is 12.7. The maximum absolute atomic E-state index is 12.6. The monoisotopic (exact) mass is 349 g/mol. The zero-order valence-corrected chi connectivity index (χ0v) is 14.5. The summed E-state index contributed by atoms with van der Waals surface area (Å²) in [5.41, 5.74) is 2.87. The van der Waals surface area contributed by atoms with Gasteiger partial charge in [-0.1, -0.05) is 6.92 Å². The zero-order valence-electron chi connectivity index (χ0n) is 14.5. The maximum atomic E-state index is 12.6. The average Bonchev–Trinajstić information content (AvgIpc) is 3.37. The molecule has 132 valence electrons. The van der Waals surface area contributed by atoms with E-state index in [0.717, 1.165) is 17.1 Å². The number of aromatic amines is 1. The van der Waals surface area contributed by atoms with Crippen LogP contribution in [0.1, 0.15) is 35.6 Å². The molecule has 8 heteroatoms. The molecule has 0 fully saturated rings. The van der Waals surface area contributed by atoms with E-state index in [-0.39, 0.29) is 11.9 Å². The van der Waals surface area contributed by atoms with Gasteiger partial charge in [-0.15, -0.1) is 0 Å². The van der Waals surface area contributed by atoms with Crippen molar-refractivity contribution in [2.24, 2.45) is 7.05 Å². The van der Waals surface area contributed by atoms with E-state index in [9.17, 15) is 4.79 Å². The number of carbonyl (C=O) groups excluding carboxylic acids is 1. The predicted molar refractivity (Wildman–Crippen MR) is 96.5 cm³/mol. The van der Waals surface area contributed by atoms with Crippen LogP contribution in [0.2, 0.25) is 0 Å². The summed E-state index contributed by atoms with van der Waals surface area (Å²) < 4.78 is 3.80. The van der Waals surface area contributed by atoms with Gasteiger partial charge < -0.3 is 9.88 Å². The predicted octanol–water partition coefficient (Wildman–Crippen LogP) is 2.34. The van der Waals surface area contributed by atoms with Crippen LogP contribution in [0.4, 0.5) is 0 Å². The van der Waals surface area contributed by atoms with Gasteiger partial charge >= 0.3 is 0 Å². The van der Waals surface area contributed by atoms with Gasteiger partial charge in [0.25, 0.3) is 5.91 Å². The van der Waals surface area contributed by atoms with Gasteiger partial charge in [0.15, 0.2) is 0 Å². The molecular weight excluding hydrogens is 330 g/mol. The maximum Gasteiger partial charge on any atom is 0.269 e. The molecule has 1 amide bonds. The highest BCUT2D eigenvalue weighted by atomic mass is 16.2. The summed E-state index contributed by atoms with van der Waals surface area (Å²) >= 11 is 0. The molecular formula is C18H19N7O. The molecule has 1 atom stereocenters. The minimum absolute atomic E-state index is 0.203. The van der Waals surface area contributed by atoms with Gasteiger partial charge in [-0.3, -0.25) is 14.3 Å². The van der Waals surface area contributed by atoms with Gasteiger partial charge in [-0.05, 0) is 30.7 Å². The van der Waals surface area contributed by atoms with Crippen LogP contribution >= 0.6 is 0 Å². The Bertz CT molecular complexity index is 1030. The van der Waals surface area contributed by atoms with Gasteiger partial charge in [-0.2, -0.15) is 5.10 Å². The quantitative estimate of drug-likeness (QED) is 0.578. The van der Waals surface area contributed by atoms with E-state index in [1.54, 1.807) is 12.3 Å². The van der Waals surface area contributed by atoms with Crippen molar-refractivity contribution in [1.82, 2.24) is 34.4 Å². The van der Waals surface area contributed by atoms with E-state index in [2.05, 4.69) is 25.5 Å². The Kier molecular flexibility index (Phi) is 4.00. The Morgan fingerprint density at radius 3 is 2.96 bits per heavy atom. The van der Waals surface area contributed by atoms with Crippen molar-refractivity contribution in [3.63, 3.8) is 0 Å². The topological polar surface area (TPSA) is 92.9 Å². The molecule has 0 radical (unpaired) electrons.